The first-order chi connectivity index (χ1) is 15.2. The third-order valence-corrected chi connectivity index (χ3v) is 8.01. The quantitative estimate of drug-likeness (QED) is 0.624. The Morgan fingerprint density at radius 1 is 1.16 bits per heavy atom. The number of anilines is 1. The first-order valence-corrected chi connectivity index (χ1v) is 11.9. The van der Waals surface area contributed by atoms with E-state index in [9.17, 15) is 4.79 Å². The zero-order chi connectivity index (χ0) is 20.9. The van der Waals surface area contributed by atoms with Crippen LogP contribution in [0.15, 0.2) is 48.5 Å². The van der Waals surface area contributed by atoms with Crippen molar-refractivity contribution in [1.82, 2.24) is 9.88 Å². The zero-order valence-corrected chi connectivity index (χ0v) is 18.2. The lowest BCUT2D eigenvalue weighted by atomic mass is 9.65. The molecule has 1 aromatic heterocycles. The maximum absolute atomic E-state index is 12.6. The number of carbonyl (C=O) groups excluding carboxylic acids is 1. The Morgan fingerprint density at radius 2 is 2.03 bits per heavy atom. The van der Waals surface area contributed by atoms with E-state index < -0.39 is 0 Å². The molecule has 160 valence electrons. The highest BCUT2D eigenvalue weighted by molar-refractivity contribution is 5.96. The third-order valence-electron chi connectivity index (χ3n) is 8.01. The molecule has 5 unspecified atom stereocenters. The fourth-order valence-electron chi connectivity index (χ4n) is 6.76. The fraction of sp³-hybridized carbons (Fsp3) is 0.444. The van der Waals surface area contributed by atoms with Gasteiger partial charge in [-0.1, -0.05) is 43.7 Å². The largest absolute Gasteiger partial charge is 0.358 e. The Balaban J connectivity index is 1.30. The van der Waals surface area contributed by atoms with Crippen molar-refractivity contribution in [3.63, 3.8) is 0 Å². The molecule has 0 spiro atoms. The van der Waals surface area contributed by atoms with Crippen LogP contribution in [0.25, 0.3) is 10.9 Å². The second-order valence-electron chi connectivity index (χ2n) is 9.84. The standard InChI is InChI=1S/C27H31N3O/c1-2-19-12-18-13-23-26-21(10-11-30(16-18)27(19)23)22-15-20(8-9-24(22)29-26)28-25(31)14-17-6-4-3-5-7-17/h3-9,15,18-19,23,27,29H,2,10-14,16H2,1H3,(H,28,31). The van der Waals surface area contributed by atoms with Crippen LogP contribution >= 0.6 is 0 Å². The number of hydrogen-bond donors (Lipinski definition) is 2. The summed E-state index contributed by atoms with van der Waals surface area (Å²) in [6.45, 7) is 4.83. The van der Waals surface area contributed by atoms with Crippen LogP contribution in [0, 0.1) is 11.8 Å². The van der Waals surface area contributed by atoms with Crippen LogP contribution in [-0.2, 0) is 17.6 Å². The van der Waals surface area contributed by atoms with Crippen LogP contribution in [0.2, 0.25) is 0 Å². The van der Waals surface area contributed by atoms with E-state index in [1.54, 1.807) is 0 Å². The van der Waals surface area contributed by atoms with Crippen LogP contribution in [0.3, 0.4) is 0 Å². The minimum Gasteiger partial charge on any atom is -0.358 e. The molecule has 0 radical (unpaired) electrons. The maximum Gasteiger partial charge on any atom is 0.228 e. The number of nitrogens with zero attached hydrogens (tertiary/aromatic N) is 1. The summed E-state index contributed by atoms with van der Waals surface area (Å²) in [7, 11) is 0. The van der Waals surface area contributed by atoms with Crippen molar-refractivity contribution in [3.8, 4) is 0 Å². The van der Waals surface area contributed by atoms with Gasteiger partial charge in [-0.3, -0.25) is 9.69 Å². The molecule has 4 nitrogen and oxygen atoms in total. The van der Waals surface area contributed by atoms with E-state index in [2.05, 4.69) is 34.3 Å². The molecule has 2 N–H and O–H groups in total. The van der Waals surface area contributed by atoms with Gasteiger partial charge in [-0.25, -0.2) is 0 Å². The minimum atomic E-state index is 0.0391. The summed E-state index contributed by atoms with van der Waals surface area (Å²) >= 11 is 0. The van der Waals surface area contributed by atoms with Crippen molar-refractivity contribution in [2.45, 2.75) is 51.0 Å². The Labute approximate surface area is 184 Å². The number of aromatic amines is 1. The predicted octanol–water partition coefficient (Wildman–Crippen LogP) is 5.11. The SMILES string of the molecule is CCC1CC2CC3c4[nH]c5ccc(NC(=O)Cc6ccccc6)cc5c4CCN(C2)C13. The molecule has 31 heavy (non-hydrogen) atoms. The van der Waals surface area contributed by atoms with Gasteiger partial charge in [0.25, 0.3) is 0 Å². The molecule has 3 fully saturated rings. The fourth-order valence-corrected chi connectivity index (χ4v) is 6.76. The Kier molecular flexibility index (Phi) is 4.64. The summed E-state index contributed by atoms with van der Waals surface area (Å²) in [5.41, 5.74) is 6.13. The maximum atomic E-state index is 12.6. The first kappa shape index (κ1) is 19.1. The highest BCUT2D eigenvalue weighted by Gasteiger charge is 2.48. The lowest BCUT2D eigenvalue weighted by Gasteiger charge is -2.53. The van der Waals surface area contributed by atoms with Gasteiger partial charge < -0.3 is 10.3 Å². The van der Waals surface area contributed by atoms with Crippen LogP contribution in [0.1, 0.15) is 48.9 Å². The number of piperidine rings is 2. The molecule has 7 rings (SSSR count). The van der Waals surface area contributed by atoms with E-state index in [0.29, 0.717) is 18.4 Å². The van der Waals surface area contributed by atoms with Gasteiger partial charge in [0.05, 0.1) is 6.42 Å². The Hall–Kier alpha value is -2.59. The molecular weight excluding hydrogens is 382 g/mol. The second-order valence-corrected chi connectivity index (χ2v) is 9.84. The van der Waals surface area contributed by atoms with E-state index in [0.717, 1.165) is 29.5 Å². The number of rotatable bonds is 4. The first-order valence-electron chi connectivity index (χ1n) is 11.9. The smallest absolute Gasteiger partial charge is 0.228 e. The average molecular weight is 414 g/mol. The molecule has 4 heteroatoms. The number of amides is 1. The summed E-state index contributed by atoms with van der Waals surface area (Å²) in [6, 6.07) is 17.0. The summed E-state index contributed by atoms with van der Waals surface area (Å²) < 4.78 is 0. The minimum absolute atomic E-state index is 0.0391. The van der Waals surface area contributed by atoms with E-state index in [-0.39, 0.29) is 5.91 Å². The van der Waals surface area contributed by atoms with Crippen molar-refractivity contribution in [2.24, 2.45) is 11.8 Å². The molecule has 4 aliphatic rings. The van der Waals surface area contributed by atoms with Gasteiger partial charge in [-0.2, -0.15) is 0 Å². The molecule has 1 aliphatic carbocycles. The van der Waals surface area contributed by atoms with Crippen molar-refractivity contribution >= 4 is 22.5 Å². The summed E-state index contributed by atoms with van der Waals surface area (Å²) in [5, 5.41) is 4.42. The highest BCUT2D eigenvalue weighted by Crippen LogP contribution is 2.51. The van der Waals surface area contributed by atoms with Crippen LogP contribution in [0.5, 0.6) is 0 Å². The lowest BCUT2D eigenvalue weighted by molar-refractivity contribution is -0.115. The average Bonchev–Trinajstić information content (AvgIpc) is 3.10. The summed E-state index contributed by atoms with van der Waals surface area (Å²) in [6.07, 6.45) is 5.55. The predicted molar refractivity (Wildman–Crippen MR) is 125 cm³/mol. The molecule has 3 aromatic rings. The Bertz CT molecular complexity index is 1120. The molecule has 2 saturated heterocycles. The molecule has 2 aromatic carbocycles. The molecule has 1 amide bonds. The van der Waals surface area contributed by atoms with Gasteiger partial charge >= 0.3 is 0 Å². The normalized spacial score (nSPS) is 28.9. The summed E-state index contributed by atoms with van der Waals surface area (Å²) in [5.74, 6) is 2.36. The van der Waals surface area contributed by atoms with Crippen LogP contribution in [-0.4, -0.2) is 34.9 Å². The van der Waals surface area contributed by atoms with Gasteiger partial charge in [0.2, 0.25) is 5.91 Å². The number of nitrogens with one attached hydrogen (secondary N) is 2. The molecule has 3 aliphatic heterocycles. The number of fused-ring (bicyclic) bond motifs is 4. The molecule has 5 atom stereocenters. The molecular formula is C27H31N3O. The van der Waals surface area contributed by atoms with E-state index in [1.807, 2.05) is 36.4 Å². The van der Waals surface area contributed by atoms with Crippen LogP contribution in [0.4, 0.5) is 5.69 Å². The monoisotopic (exact) mass is 413 g/mol. The third kappa shape index (κ3) is 3.28. The van der Waals surface area contributed by atoms with Gasteiger partial charge in [-0.05, 0) is 60.4 Å². The van der Waals surface area contributed by atoms with E-state index in [1.165, 1.54) is 54.5 Å². The topological polar surface area (TPSA) is 48.1 Å². The summed E-state index contributed by atoms with van der Waals surface area (Å²) in [4.78, 5) is 19.2. The van der Waals surface area contributed by atoms with Gasteiger partial charge in [0, 0.05) is 47.3 Å². The Morgan fingerprint density at radius 3 is 2.87 bits per heavy atom. The van der Waals surface area contributed by atoms with Crippen molar-refractivity contribution in [2.75, 3.05) is 18.4 Å². The van der Waals surface area contributed by atoms with Gasteiger partial charge in [-0.15, -0.1) is 0 Å². The number of benzene rings is 2. The molecule has 4 heterocycles. The number of aromatic nitrogens is 1. The number of H-pyrrole nitrogens is 1. The number of carbonyl (C=O) groups is 1. The van der Waals surface area contributed by atoms with Gasteiger partial charge in [0.15, 0.2) is 0 Å². The van der Waals surface area contributed by atoms with Crippen LogP contribution < -0.4 is 5.32 Å². The molecule has 4 bridgehead atoms. The van der Waals surface area contributed by atoms with E-state index in [4.69, 9.17) is 0 Å². The van der Waals surface area contributed by atoms with Crippen molar-refractivity contribution < 1.29 is 4.79 Å². The zero-order valence-electron chi connectivity index (χ0n) is 18.2. The number of hydrogen-bond acceptors (Lipinski definition) is 2. The lowest BCUT2D eigenvalue weighted by Crippen LogP contribution is -2.56. The highest BCUT2D eigenvalue weighted by atomic mass is 16.1. The van der Waals surface area contributed by atoms with Gasteiger partial charge in [0.1, 0.15) is 0 Å². The molecule has 1 saturated carbocycles. The van der Waals surface area contributed by atoms with Crippen molar-refractivity contribution in [1.29, 1.82) is 0 Å². The van der Waals surface area contributed by atoms with E-state index >= 15 is 0 Å². The van der Waals surface area contributed by atoms with Crippen molar-refractivity contribution in [3.05, 3.63) is 65.4 Å². The second kappa shape index (κ2) is 7.52.